The highest BCUT2D eigenvalue weighted by molar-refractivity contribution is 6.02. The lowest BCUT2D eigenvalue weighted by Gasteiger charge is -2.24. The van der Waals surface area contributed by atoms with Crippen molar-refractivity contribution < 1.29 is 19.4 Å². The van der Waals surface area contributed by atoms with E-state index in [-0.39, 0.29) is 11.5 Å². The van der Waals surface area contributed by atoms with Gasteiger partial charge in [0, 0.05) is 5.41 Å². The maximum Gasteiger partial charge on any atom is 0.337 e. The molecule has 0 aliphatic heterocycles. The summed E-state index contributed by atoms with van der Waals surface area (Å²) in [5.74, 6) is -0.402. The summed E-state index contributed by atoms with van der Waals surface area (Å²) in [5.41, 5.74) is 1.99. The first-order chi connectivity index (χ1) is 12.7. The molecule has 144 valence electrons. The molecule has 0 radical (unpaired) electrons. The SMILES string of the molecule is Cc1ccc(C)c(OCCCC(C)(C)C(=O)Nc2ccccc2C(=O)O)c1. The average Bonchev–Trinajstić information content (AvgIpc) is 2.61. The molecule has 0 fully saturated rings. The average molecular weight is 369 g/mol. The molecule has 2 aromatic carbocycles. The minimum absolute atomic E-state index is 0.0832. The summed E-state index contributed by atoms with van der Waals surface area (Å²) in [6.07, 6.45) is 1.34. The molecule has 0 aliphatic rings. The second-order valence-electron chi connectivity index (χ2n) is 7.41. The van der Waals surface area contributed by atoms with Gasteiger partial charge in [-0.15, -0.1) is 0 Å². The molecule has 0 spiro atoms. The van der Waals surface area contributed by atoms with E-state index in [9.17, 15) is 14.7 Å². The highest BCUT2D eigenvalue weighted by Gasteiger charge is 2.28. The molecule has 5 heteroatoms. The molecule has 0 bridgehead atoms. The maximum atomic E-state index is 12.6. The van der Waals surface area contributed by atoms with Gasteiger partial charge in [0.15, 0.2) is 0 Å². The van der Waals surface area contributed by atoms with E-state index in [2.05, 4.69) is 5.32 Å². The number of amides is 1. The Labute approximate surface area is 160 Å². The summed E-state index contributed by atoms with van der Waals surface area (Å²) in [6, 6.07) is 12.5. The second kappa shape index (κ2) is 8.71. The number of carbonyl (C=O) groups is 2. The molecule has 2 rings (SSSR count). The van der Waals surface area contributed by atoms with Crippen molar-refractivity contribution in [2.45, 2.75) is 40.5 Å². The van der Waals surface area contributed by atoms with E-state index in [1.807, 2.05) is 45.9 Å². The zero-order valence-corrected chi connectivity index (χ0v) is 16.3. The van der Waals surface area contributed by atoms with Gasteiger partial charge in [-0.2, -0.15) is 0 Å². The fourth-order valence-electron chi connectivity index (χ4n) is 2.74. The largest absolute Gasteiger partial charge is 0.493 e. The van der Waals surface area contributed by atoms with Crippen LogP contribution in [0.4, 0.5) is 5.69 Å². The topological polar surface area (TPSA) is 75.6 Å². The van der Waals surface area contributed by atoms with Gasteiger partial charge in [-0.05, 0) is 56.0 Å². The van der Waals surface area contributed by atoms with Crippen molar-refractivity contribution in [2.24, 2.45) is 5.41 Å². The summed E-state index contributed by atoms with van der Waals surface area (Å²) >= 11 is 0. The lowest BCUT2D eigenvalue weighted by Crippen LogP contribution is -2.31. The van der Waals surface area contributed by atoms with Gasteiger partial charge in [0.05, 0.1) is 17.9 Å². The minimum atomic E-state index is -1.06. The van der Waals surface area contributed by atoms with Crippen LogP contribution in [0.5, 0.6) is 5.75 Å². The molecule has 0 aromatic heterocycles. The van der Waals surface area contributed by atoms with Crippen LogP contribution in [-0.2, 0) is 4.79 Å². The van der Waals surface area contributed by atoms with E-state index in [1.165, 1.54) is 6.07 Å². The number of benzene rings is 2. The number of para-hydroxylation sites is 1. The third-order valence-electron chi connectivity index (χ3n) is 4.57. The van der Waals surface area contributed by atoms with Gasteiger partial charge in [-0.3, -0.25) is 4.79 Å². The summed E-state index contributed by atoms with van der Waals surface area (Å²) in [5, 5.41) is 12.0. The van der Waals surface area contributed by atoms with Crippen LogP contribution in [0.3, 0.4) is 0 Å². The third-order valence-corrected chi connectivity index (χ3v) is 4.57. The van der Waals surface area contributed by atoms with Crippen LogP contribution in [0.15, 0.2) is 42.5 Å². The van der Waals surface area contributed by atoms with Gasteiger partial charge in [-0.1, -0.05) is 38.1 Å². The Morgan fingerprint density at radius 3 is 2.52 bits per heavy atom. The molecule has 0 atom stereocenters. The zero-order chi connectivity index (χ0) is 20.0. The van der Waals surface area contributed by atoms with Crippen LogP contribution in [0.2, 0.25) is 0 Å². The van der Waals surface area contributed by atoms with Gasteiger partial charge in [0.25, 0.3) is 0 Å². The second-order valence-corrected chi connectivity index (χ2v) is 7.41. The Balaban J connectivity index is 1.91. The summed E-state index contributed by atoms with van der Waals surface area (Å²) in [6.45, 7) is 8.25. The first-order valence-electron chi connectivity index (χ1n) is 9.04. The van der Waals surface area contributed by atoms with Crippen LogP contribution in [0.25, 0.3) is 0 Å². The Morgan fingerprint density at radius 1 is 1.11 bits per heavy atom. The van der Waals surface area contributed by atoms with E-state index >= 15 is 0 Å². The molecule has 0 saturated heterocycles. The predicted octanol–water partition coefficient (Wildman–Crippen LogP) is 4.83. The number of carbonyl (C=O) groups excluding carboxylic acids is 1. The van der Waals surface area contributed by atoms with Crippen LogP contribution in [0, 0.1) is 19.3 Å². The van der Waals surface area contributed by atoms with Crippen LogP contribution in [-0.4, -0.2) is 23.6 Å². The van der Waals surface area contributed by atoms with Gasteiger partial charge >= 0.3 is 5.97 Å². The summed E-state index contributed by atoms with van der Waals surface area (Å²) < 4.78 is 5.85. The molecule has 0 aliphatic carbocycles. The van der Waals surface area contributed by atoms with Crippen molar-refractivity contribution in [1.29, 1.82) is 0 Å². The van der Waals surface area contributed by atoms with Gasteiger partial charge < -0.3 is 15.2 Å². The molecule has 0 unspecified atom stereocenters. The number of aryl methyl sites for hydroxylation is 2. The molecule has 0 heterocycles. The number of ether oxygens (including phenoxy) is 1. The molecular formula is C22H27NO4. The van der Waals surface area contributed by atoms with Crippen molar-refractivity contribution >= 4 is 17.6 Å². The Bertz CT molecular complexity index is 827. The van der Waals surface area contributed by atoms with Crippen molar-refractivity contribution in [1.82, 2.24) is 0 Å². The molecule has 0 saturated carbocycles. The number of carboxylic acids is 1. The number of hydrogen-bond donors (Lipinski definition) is 2. The van der Waals surface area contributed by atoms with Gasteiger partial charge in [0.2, 0.25) is 5.91 Å². The quantitative estimate of drug-likeness (QED) is 0.654. The number of aromatic carboxylic acids is 1. The number of rotatable bonds is 8. The Hall–Kier alpha value is -2.82. The predicted molar refractivity (Wildman–Crippen MR) is 106 cm³/mol. The van der Waals surface area contributed by atoms with Crippen molar-refractivity contribution in [3.63, 3.8) is 0 Å². The van der Waals surface area contributed by atoms with Crippen molar-refractivity contribution in [2.75, 3.05) is 11.9 Å². The fourth-order valence-corrected chi connectivity index (χ4v) is 2.74. The molecule has 27 heavy (non-hydrogen) atoms. The first kappa shape index (κ1) is 20.5. The summed E-state index contributed by atoms with van der Waals surface area (Å²) in [4.78, 5) is 23.9. The zero-order valence-electron chi connectivity index (χ0n) is 16.3. The summed E-state index contributed by atoms with van der Waals surface area (Å²) in [7, 11) is 0. The standard InChI is InChI=1S/C22H27NO4/c1-15-10-11-16(2)19(14-15)27-13-7-12-22(3,4)21(26)23-18-9-6-5-8-17(18)20(24)25/h5-6,8-11,14H,7,12-13H2,1-4H3,(H,23,26)(H,24,25). The highest BCUT2D eigenvalue weighted by atomic mass is 16.5. The lowest BCUT2D eigenvalue weighted by atomic mass is 9.86. The Morgan fingerprint density at radius 2 is 1.81 bits per heavy atom. The van der Waals surface area contributed by atoms with Crippen LogP contribution in [0.1, 0.15) is 48.2 Å². The first-order valence-corrected chi connectivity index (χ1v) is 9.04. The van der Waals surface area contributed by atoms with Gasteiger partial charge in [-0.25, -0.2) is 4.79 Å². The van der Waals surface area contributed by atoms with Crippen LogP contribution < -0.4 is 10.1 Å². The van der Waals surface area contributed by atoms with Crippen LogP contribution >= 0.6 is 0 Å². The lowest BCUT2D eigenvalue weighted by molar-refractivity contribution is -0.124. The highest BCUT2D eigenvalue weighted by Crippen LogP contribution is 2.27. The Kier molecular flexibility index (Phi) is 6.61. The van der Waals surface area contributed by atoms with E-state index in [1.54, 1.807) is 18.2 Å². The molecule has 5 nitrogen and oxygen atoms in total. The number of carboxylic acid groups (broad SMARTS) is 1. The van der Waals surface area contributed by atoms with Crippen molar-refractivity contribution in [3.8, 4) is 5.75 Å². The third kappa shape index (κ3) is 5.58. The number of hydrogen-bond acceptors (Lipinski definition) is 3. The van der Waals surface area contributed by atoms with E-state index < -0.39 is 11.4 Å². The smallest absolute Gasteiger partial charge is 0.337 e. The van der Waals surface area contributed by atoms with E-state index in [0.717, 1.165) is 16.9 Å². The number of nitrogens with one attached hydrogen (secondary N) is 1. The van der Waals surface area contributed by atoms with E-state index in [4.69, 9.17) is 4.74 Å². The maximum absolute atomic E-state index is 12.6. The molecule has 2 N–H and O–H groups in total. The molecule has 1 amide bonds. The monoisotopic (exact) mass is 369 g/mol. The van der Waals surface area contributed by atoms with Crippen molar-refractivity contribution in [3.05, 3.63) is 59.2 Å². The van der Waals surface area contributed by atoms with Gasteiger partial charge in [0.1, 0.15) is 5.75 Å². The molecule has 2 aromatic rings. The number of anilines is 1. The van der Waals surface area contributed by atoms with E-state index in [0.29, 0.717) is 25.1 Å². The minimum Gasteiger partial charge on any atom is -0.493 e. The fraction of sp³-hybridized carbons (Fsp3) is 0.364. The molecular weight excluding hydrogens is 342 g/mol. The normalized spacial score (nSPS) is 11.1.